The highest BCUT2D eigenvalue weighted by Gasteiger charge is 2.22. The van der Waals surface area contributed by atoms with Crippen molar-refractivity contribution in [3.63, 3.8) is 0 Å². The van der Waals surface area contributed by atoms with E-state index in [2.05, 4.69) is 15.5 Å². The summed E-state index contributed by atoms with van der Waals surface area (Å²) in [6.45, 7) is 4.12. The van der Waals surface area contributed by atoms with Crippen LogP contribution >= 0.6 is 11.6 Å². The van der Waals surface area contributed by atoms with Gasteiger partial charge in [-0.15, -0.1) is 0 Å². The second kappa shape index (κ2) is 8.47. The molecule has 0 unspecified atom stereocenters. The molecule has 0 aromatic heterocycles. The number of nitrogens with zero attached hydrogens (tertiary/aromatic N) is 1. The second-order valence-electron chi connectivity index (χ2n) is 6.01. The maximum Gasteiger partial charge on any atom is 0.315 e. The van der Waals surface area contributed by atoms with E-state index in [1.54, 1.807) is 13.0 Å². The number of halogens is 2. The van der Waals surface area contributed by atoms with E-state index >= 15 is 0 Å². The van der Waals surface area contributed by atoms with Gasteiger partial charge in [-0.3, -0.25) is 4.90 Å². The van der Waals surface area contributed by atoms with Crippen LogP contribution in [-0.4, -0.2) is 47.8 Å². The molecule has 3 N–H and O–H groups in total. The predicted octanol–water partition coefficient (Wildman–Crippen LogP) is 2.12. The Balaban J connectivity index is 1.84. The van der Waals surface area contributed by atoms with Crippen LogP contribution in [0.3, 0.4) is 0 Å². The molecule has 23 heavy (non-hydrogen) atoms. The van der Waals surface area contributed by atoms with Gasteiger partial charge >= 0.3 is 6.03 Å². The van der Waals surface area contributed by atoms with Crippen LogP contribution in [0.1, 0.15) is 25.3 Å². The number of rotatable bonds is 5. The van der Waals surface area contributed by atoms with E-state index in [-0.39, 0.29) is 24.4 Å². The highest BCUT2D eigenvalue weighted by Crippen LogP contribution is 2.21. The zero-order chi connectivity index (χ0) is 16.8. The summed E-state index contributed by atoms with van der Waals surface area (Å²) in [6.07, 6.45) is 1.32. The molecule has 1 aliphatic heterocycles. The fraction of sp³-hybridized carbons (Fsp3) is 0.562. The Kier molecular flexibility index (Phi) is 6.62. The quantitative estimate of drug-likeness (QED) is 0.767. The normalized spacial score (nSPS) is 20.1. The molecule has 1 aromatic carbocycles. The van der Waals surface area contributed by atoms with Gasteiger partial charge in [0.15, 0.2) is 0 Å². The lowest BCUT2D eigenvalue weighted by molar-refractivity contribution is 0.172. The Morgan fingerprint density at radius 1 is 1.57 bits per heavy atom. The molecule has 0 aliphatic carbocycles. The first-order chi connectivity index (χ1) is 10.9. The number of nitrogens with one attached hydrogen (secondary N) is 2. The molecule has 1 saturated heterocycles. The Hall–Kier alpha value is -1.37. The maximum absolute atomic E-state index is 13.1. The highest BCUT2D eigenvalue weighted by molar-refractivity contribution is 6.31. The van der Waals surface area contributed by atoms with Crippen LogP contribution in [0.4, 0.5) is 9.18 Å². The minimum atomic E-state index is -0.566. The number of hydrogen-bond donors (Lipinski definition) is 3. The standard InChI is InChI=1S/C16H23ClFN3O2/c1-11(22)8-19-16(23)20-14-3-2-6-21(10-14)9-12-4-5-13(18)7-15(12)17/h4-5,7,11,14,22H,2-3,6,8-10H2,1H3,(H2,19,20,23)/t11-,14-/m1/s1. The lowest BCUT2D eigenvalue weighted by Gasteiger charge is -2.33. The summed E-state index contributed by atoms with van der Waals surface area (Å²) in [5.41, 5.74) is 0.882. The molecule has 1 aromatic rings. The van der Waals surface area contributed by atoms with Crippen molar-refractivity contribution in [3.8, 4) is 0 Å². The topological polar surface area (TPSA) is 64.6 Å². The molecule has 0 bridgehead atoms. The zero-order valence-electron chi connectivity index (χ0n) is 13.2. The molecule has 7 heteroatoms. The number of amides is 2. The summed E-state index contributed by atoms with van der Waals surface area (Å²) in [6, 6.07) is 4.21. The van der Waals surface area contributed by atoms with Crippen molar-refractivity contribution in [1.29, 1.82) is 0 Å². The Morgan fingerprint density at radius 2 is 2.35 bits per heavy atom. The third kappa shape index (κ3) is 5.97. The number of aliphatic hydroxyl groups excluding tert-OH is 1. The van der Waals surface area contributed by atoms with Crippen LogP contribution < -0.4 is 10.6 Å². The number of piperidine rings is 1. The van der Waals surface area contributed by atoms with E-state index < -0.39 is 6.10 Å². The van der Waals surface area contributed by atoms with E-state index in [0.717, 1.165) is 31.5 Å². The van der Waals surface area contributed by atoms with Crippen LogP contribution in [0.2, 0.25) is 5.02 Å². The smallest absolute Gasteiger partial charge is 0.315 e. The molecule has 2 atom stereocenters. The van der Waals surface area contributed by atoms with E-state index in [4.69, 9.17) is 16.7 Å². The zero-order valence-corrected chi connectivity index (χ0v) is 13.9. The first-order valence-electron chi connectivity index (χ1n) is 7.82. The van der Waals surface area contributed by atoms with Crippen LogP contribution in [-0.2, 0) is 6.54 Å². The van der Waals surface area contributed by atoms with Crippen molar-refractivity contribution in [3.05, 3.63) is 34.6 Å². The van der Waals surface area contributed by atoms with Crippen molar-refractivity contribution >= 4 is 17.6 Å². The average molecular weight is 344 g/mol. The summed E-state index contributed by atoms with van der Waals surface area (Å²) in [5.74, 6) is -0.341. The molecular formula is C16H23ClFN3O2. The first kappa shape index (κ1) is 18.0. The van der Waals surface area contributed by atoms with Gasteiger partial charge in [-0.2, -0.15) is 0 Å². The fourth-order valence-electron chi connectivity index (χ4n) is 2.68. The van der Waals surface area contributed by atoms with Gasteiger partial charge in [-0.25, -0.2) is 9.18 Å². The SMILES string of the molecule is C[C@@H](O)CNC(=O)N[C@@H]1CCCN(Cc2ccc(F)cc2Cl)C1. The van der Waals surface area contributed by atoms with E-state index in [0.29, 0.717) is 11.6 Å². The average Bonchev–Trinajstić information content (AvgIpc) is 2.48. The summed E-state index contributed by atoms with van der Waals surface area (Å²) in [7, 11) is 0. The molecule has 1 fully saturated rings. The third-order valence-electron chi connectivity index (χ3n) is 3.81. The van der Waals surface area contributed by atoms with E-state index in [1.807, 2.05) is 0 Å². The van der Waals surface area contributed by atoms with Gasteiger partial charge in [0.2, 0.25) is 0 Å². The van der Waals surface area contributed by atoms with Gasteiger partial charge in [0.05, 0.1) is 6.10 Å². The molecule has 2 rings (SSSR count). The molecule has 0 radical (unpaired) electrons. The number of hydrogen-bond acceptors (Lipinski definition) is 3. The summed E-state index contributed by atoms with van der Waals surface area (Å²) >= 11 is 6.07. The van der Waals surface area contributed by atoms with Crippen molar-refractivity contribution in [2.24, 2.45) is 0 Å². The van der Waals surface area contributed by atoms with Crippen LogP contribution in [0, 0.1) is 5.82 Å². The number of aliphatic hydroxyl groups is 1. The molecular weight excluding hydrogens is 321 g/mol. The van der Waals surface area contributed by atoms with Crippen molar-refractivity contribution in [2.45, 2.75) is 38.5 Å². The number of urea groups is 1. The van der Waals surface area contributed by atoms with Gasteiger partial charge < -0.3 is 15.7 Å². The van der Waals surface area contributed by atoms with Crippen LogP contribution in [0.5, 0.6) is 0 Å². The lowest BCUT2D eigenvalue weighted by atomic mass is 10.0. The van der Waals surface area contributed by atoms with Gasteiger partial charge in [-0.05, 0) is 44.0 Å². The van der Waals surface area contributed by atoms with Crippen LogP contribution in [0.15, 0.2) is 18.2 Å². The van der Waals surface area contributed by atoms with Crippen molar-refractivity contribution in [2.75, 3.05) is 19.6 Å². The molecule has 5 nitrogen and oxygen atoms in total. The Morgan fingerprint density at radius 3 is 3.04 bits per heavy atom. The molecule has 1 aliphatic rings. The van der Waals surface area contributed by atoms with Crippen LogP contribution in [0.25, 0.3) is 0 Å². The van der Waals surface area contributed by atoms with E-state index in [9.17, 15) is 9.18 Å². The molecule has 0 spiro atoms. The van der Waals surface area contributed by atoms with Crippen molar-refractivity contribution in [1.82, 2.24) is 15.5 Å². The van der Waals surface area contributed by atoms with Gasteiger partial charge in [-0.1, -0.05) is 17.7 Å². The number of carbonyl (C=O) groups excluding carboxylic acids is 1. The largest absolute Gasteiger partial charge is 0.392 e. The summed E-state index contributed by atoms with van der Waals surface area (Å²) in [5, 5.41) is 15.1. The first-order valence-corrected chi connectivity index (χ1v) is 8.20. The van der Waals surface area contributed by atoms with Gasteiger partial charge in [0.25, 0.3) is 0 Å². The maximum atomic E-state index is 13.1. The number of benzene rings is 1. The van der Waals surface area contributed by atoms with Gasteiger partial charge in [0.1, 0.15) is 5.82 Å². The third-order valence-corrected chi connectivity index (χ3v) is 4.16. The minimum absolute atomic E-state index is 0.0528. The monoisotopic (exact) mass is 343 g/mol. The summed E-state index contributed by atoms with van der Waals surface area (Å²) in [4.78, 5) is 14.0. The Labute approximate surface area is 140 Å². The highest BCUT2D eigenvalue weighted by atomic mass is 35.5. The number of likely N-dealkylation sites (tertiary alicyclic amines) is 1. The number of carbonyl (C=O) groups is 1. The lowest BCUT2D eigenvalue weighted by Crippen LogP contribution is -2.51. The van der Waals surface area contributed by atoms with Gasteiger partial charge in [0, 0.05) is 30.7 Å². The summed E-state index contributed by atoms with van der Waals surface area (Å²) < 4.78 is 13.1. The molecule has 1 heterocycles. The van der Waals surface area contributed by atoms with Crippen molar-refractivity contribution < 1.29 is 14.3 Å². The minimum Gasteiger partial charge on any atom is -0.392 e. The molecule has 128 valence electrons. The Bertz CT molecular complexity index is 542. The van der Waals surface area contributed by atoms with E-state index in [1.165, 1.54) is 12.1 Å². The predicted molar refractivity (Wildman–Crippen MR) is 87.9 cm³/mol. The second-order valence-corrected chi connectivity index (χ2v) is 6.42. The molecule has 2 amide bonds. The fourth-order valence-corrected chi connectivity index (χ4v) is 2.91. The molecule has 0 saturated carbocycles.